The number of nitrogens with one attached hydrogen (secondary N) is 2. The van der Waals surface area contributed by atoms with E-state index in [4.69, 9.17) is 4.74 Å². The number of anilines is 1. The van der Waals surface area contributed by atoms with Crippen molar-refractivity contribution in [3.63, 3.8) is 0 Å². The van der Waals surface area contributed by atoms with Crippen LogP contribution in [0.15, 0.2) is 18.2 Å². The molecule has 3 heterocycles. The molecule has 3 amide bonds. The van der Waals surface area contributed by atoms with Gasteiger partial charge in [-0.3, -0.25) is 14.4 Å². The first-order valence-corrected chi connectivity index (χ1v) is 12.7. The molecule has 8 heteroatoms. The average Bonchev–Trinajstić information content (AvgIpc) is 3.33. The van der Waals surface area contributed by atoms with E-state index in [0.717, 1.165) is 17.5 Å². The normalized spacial score (nSPS) is 35.1. The number of rotatable bonds is 7. The Morgan fingerprint density at radius 3 is 2.57 bits per heavy atom. The molecule has 192 valence electrons. The number of benzene rings is 1. The van der Waals surface area contributed by atoms with Crippen LogP contribution < -0.4 is 10.6 Å². The van der Waals surface area contributed by atoms with Gasteiger partial charge in [0.2, 0.25) is 17.7 Å². The zero-order valence-electron chi connectivity index (χ0n) is 21.8. The molecular formula is C27H39N3O5. The van der Waals surface area contributed by atoms with Crippen LogP contribution >= 0.6 is 0 Å². The van der Waals surface area contributed by atoms with Gasteiger partial charge in [0.1, 0.15) is 11.6 Å². The number of hydrogen-bond acceptors (Lipinski definition) is 5. The van der Waals surface area contributed by atoms with Crippen LogP contribution in [0.25, 0.3) is 0 Å². The highest BCUT2D eigenvalue weighted by Crippen LogP contribution is 2.65. The molecule has 2 bridgehead atoms. The van der Waals surface area contributed by atoms with E-state index in [0.29, 0.717) is 12.1 Å². The molecule has 8 atom stereocenters. The minimum atomic E-state index is -1.13. The van der Waals surface area contributed by atoms with Crippen molar-refractivity contribution in [3.8, 4) is 0 Å². The van der Waals surface area contributed by atoms with E-state index in [1.807, 2.05) is 59.7 Å². The fourth-order valence-corrected chi connectivity index (χ4v) is 6.77. The van der Waals surface area contributed by atoms with E-state index in [1.165, 1.54) is 0 Å². The van der Waals surface area contributed by atoms with Crippen molar-refractivity contribution in [2.24, 2.45) is 23.7 Å². The van der Waals surface area contributed by atoms with Gasteiger partial charge in [-0.05, 0) is 56.2 Å². The lowest BCUT2D eigenvalue weighted by Gasteiger charge is -2.39. The lowest BCUT2D eigenvalue weighted by Crippen LogP contribution is -2.57. The van der Waals surface area contributed by atoms with Gasteiger partial charge < -0.3 is 25.4 Å². The van der Waals surface area contributed by atoms with E-state index < -0.39 is 35.1 Å². The molecule has 8 nitrogen and oxygen atoms in total. The second-order valence-corrected chi connectivity index (χ2v) is 11.0. The van der Waals surface area contributed by atoms with Crippen LogP contribution in [0.4, 0.5) is 5.69 Å². The van der Waals surface area contributed by atoms with Crippen molar-refractivity contribution in [2.45, 2.75) is 77.7 Å². The van der Waals surface area contributed by atoms with Crippen LogP contribution in [0.3, 0.4) is 0 Å². The molecule has 1 aromatic carbocycles. The summed E-state index contributed by atoms with van der Waals surface area (Å²) in [5, 5.41) is 16.2. The van der Waals surface area contributed by atoms with Gasteiger partial charge in [-0.25, -0.2) is 0 Å². The number of nitrogens with zero attached hydrogens (tertiary/aromatic N) is 1. The molecule has 0 aromatic heterocycles. The SMILES string of the molecule is CC[C@H](C)[C@H](CO)N1C(=O)[C@@H]2[C@@H](C(=O)NC)[C@]3(C)OC2(CC3C)C1C(=O)Nc1cc(C)ccc1C. The average molecular weight is 486 g/mol. The Hall–Kier alpha value is -2.45. The summed E-state index contributed by atoms with van der Waals surface area (Å²) in [6, 6.07) is 4.32. The molecule has 3 fully saturated rings. The first-order chi connectivity index (χ1) is 16.5. The summed E-state index contributed by atoms with van der Waals surface area (Å²) in [6.45, 7) is 11.5. The van der Waals surface area contributed by atoms with Crippen molar-refractivity contribution >= 4 is 23.4 Å². The maximum Gasteiger partial charge on any atom is 0.250 e. The fourth-order valence-electron chi connectivity index (χ4n) is 6.77. The predicted octanol–water partition coefficient (Wildman–Crippen LogP) is 2.41. The van der Waals surface area contributed by atoms with Crippen LogP contribution in [0.5, 0.6) is 0 Å². The van der Waals surface area contributed by atoms with Gasteiger partial charge in [0, 0.05) is 12.7 Å². The van der Waals surface area contributed by atoms with E-state index in [1.54, 1.807) is 11.9 Å². The molecular weight excluding hydrogens is 446 g/mol. The van der Waals surface area contributed by atoms with E-state index >= 15 is 0 Å². The van der Waals surface area contributed by atoms with Crippen LogP contribution in [0.2, 0.25) is 0 Å². The quantitative estimate of drug-likeness (QED) is 0.550. The first kappa shape index (κ1) is 25.6. The van der Waals surface area contributed by atoms with Gasteiger partial charge in [-0.15, -0.1) is 0 Å². The minimum absolute atomic E-state index is 0.0269. The highest BCUT2D eigenvalue weighted by Gasteiger charge is 2.80. The molecule has 0 saturated carbocycles. The lowest BCUT2D eigenvalue weighted by molar-refractivity contribution is -0.150. The fraction of sp³-hybridized carbons (Fsp3) is 0.667. The molecule has 3 aliphatic rings. The summed E-state index contributed by atoms with van der Waals surface area (Å²) in [4.78, 5) is 42.9. The van der Waals surface area contributed by atoms with Crippen LogP contribution in [0, 0.1) is 37.5 Å². The van der Waals surface area contributed by atoms with Crippen molar-refractivity contribution < 1.29 is 24.2 Å². The Balaban J connectivity index is 1.85. The smallest absolute Gasteiger partial charge is 0.250 e. The molecule has 0 aliphatic carbocycles. The Labute approximate surface area is 207 Å². The van der Waals surface area contributed by atoms with Crippen molar-refractivity contribution in [3.05, 3.63) is 29.3 Å². The van der Waals surface area contributed by atoms with Crippen molar-refractivity contribution in [1.82, 2.24) is 10.2 Å². The number of carbonyl (C=O) groups excluding carboxylic acids is 3. The third-order valence-electron chi connectivity index (χ3n) is 9.03. The Morgan fingerprint density at radius 2 is 1.97 bits per heavy atom. The minimum Gasteiger partial charge on any atom is -0.394 e. The maximum atomic E-state index is 14.1. The molecule has 4 rings (SSSR count). The van der Waals surface area contributed by atoms with Crippen molar-refractivity contribution in [1.29, 1.82) is 0 Å². The second-order valence-electron chi connectivity index (χ2n) is 11.0. The third kappa shape index (κ3) is 3.59. The first-order valence-electron chi connectivity index (χ1n) is 12.7. The van der Waals surface area contributed by atoms with Gasteiger partial charge in [-0.1, -0.05) is 39.3 Å². The summed E-state index contributed by atoms with van der Waals surface area (Å²) in [5.41, 5.74) is 0.615. The maximum absolute atomic E-state index is 14.1. The number of carbonyl (C=O) groups is 3. The zero-order chi connectivity index (χ0) is 25.9. The zero-order valence-corrected chi connectivity index (χ0v) is 21.8. The molecule has 3 aliphatic heterocycles. The molecule has 1 spiro atoms. The van der Waals surface area contributed by atoms with E-state index in [9.17, 15) is 19.5 Å². The van der Waals surface area contributed by atoms with Crippen LogP contribution in [-0.4, -0.2) is 64.7 Å². The van der Waals surface area contributed by atoms with Gasteiger partial charge in [0.15, 0.2) is 0 Å². The summed E-state index contributed by atoms with van der Waals surface area (Å²) in [5.74, 6) is -2.43. The number of ether oxygens (including phenoxy) is 1. The number of aliphatic hydroxyl groups excluding tert-OH is 1. The number of hydrogen-bond donors (Lipinski definition) is 3. The summed E-state index contributed by atoms with van der Waals surface area (Å²) in [6.07, 6.45) is 1.22. The van der Waals surface area contributed by atoms with Gasteiger partial charge in [0.05, 0.1) is 30.1 Å². The largest absolute Gasteiger partial charge is 0.394 e. The molecule has 0 radical (unpaired) electrons. The topological polar surface area (TPSA) is 108 Å². The summed E-state index contributed by atoms with van der Waals surface area (Å²) in [7, 11) is 1.56. The Bertz CT molecular complexity index is 1040. The molecule has 1 aromatic rings. The summed E-state index contributed by atoms with van der Waals surface area (Å²) >= 11 is 0. The lowest BCUT2D eigenvalue weighted by atomic mass is 9.62. The van der Waals surface area contributed by atoms with Gasteiger partial charge in [0.25, 0.3) is 0 Å². The Morgan fingerprint density at radius 1 is 1.29 bits per heavy atom. The predicted molar refractivity (Wildman–Crippen MR) is 133 cm³/mol. The molecule has 3 saturated heterocycles. The van der Waals surface area contributed by atoms with Crippen LogP contribution in [0.1, 0.15) is 51.7 Å². The highest BCUT2D eigenvalue weighted by atomic mass is 16.5. The molecule has 3 N–H and O–H groups in total. The van der Waals surface area contributed by atoms with Gasteiger partial charge >= 0.3 is 0 Å². The highest BCUT2D eigenvalue weighted by molar-refractivity contribution is 6.04. The number of amides is 3. The van der Waals surface area contributed by atoms with Gasteiger partial charge in [-0.2, -0.15) is 0 Å². The van der Waals surface area contributed by atoms with Crippen molar-refractivity contribution in [2.75, 3.05) is 19.0 Å². The molecule has 3 unspecified atom stereocenters. The Kier molecular flexibility index (Phi) is 6.51. The van der Waals surface area contributed by atoms with E-state index in [-0.39, 0.29) is 36.2 Å². The third-order valence-corrected chi connectivity index (χ3v) is 9.03. The monoisotopic (exact) mass is 485 g/mol. The number of aryl methyl sites for hydroxylation is 2. The molecule has 35 heavy (non-hydrogen) atoms. The number of likely N-dealkylation sites (tertiary alicyclic amines) is 1. The van der Waals surface area contributed by atoms with Crippen LogP contribution in [-0.2, 0) is 19.1 Å². The summed E-state index contributed by atoms with van der Waals surface area (Å²) < 4.78 is 6.69. The number of aliphatic hydroxyl groups is 1. The van der Waals surface area contributed by atoms with E-state index in [2.05, 4.69) is 10.6 Å². The number of fused-ring (bicyclic) bond motifs is 1. The second kappa shape index (κ2) is 8.89. The standard InChI is InChI=1S/C27H39N3O5/c1-8-15(3)19(13-31)30-22(24(33)29-18-11-14(2)9-10-16(18)4)27-12-17(5)26(6,35-27)20(23(32)28-7)21(27)25(30)34/h9-11,15,17,19-22,31H,8,12-13H2,1-7H3,(H,28,32)(H,29,33)/t15-,17?,19-,20-,21-,22?,26+,27?/m0/s1.